The van der Waals surface area contributed by atoms with Crippen LogP contribution in [0.5, 0.6) is 0 Å². The van der Waals surface area contributed by atoms with Crippen molar-refractivity contribution in [1.29, 1.82) is 0 Å². The van der Waals surface area contributed by atoms with Gasteiger partial charge in [-0.25, -0.2) is 14.8 Å². The van der Waals surface area contributed by atoms with Crippen molar-refractivity contribution in [2.45, 2.75) is 58.4 Å². The van der Waals surface area contributed by atoms with Crippen LogP contribution in [0.15, 0.2) is 0 Å². The van der Waals surface area contributed by atoms with Crippen molar-refractivity contribution in [2.75, 3.05) is 19.8 Å². The minimum absolute atomic E-state index is 0.151. The van der Waals surface area contributed by atoms with Crippen molar-refractivity contribution < 1.29 is 38.6 Å². The number of hydrogen-bond donors (Lipinski definition) is 1. The van der Waals surface area contributed by atoms with E-state index in [1.54, 1.807) is 13.8 Å². The number of carbonyl (C=O) groups is 5. The molecule has 10 heteroatoms. The number of amides is 2. The Bertz CT molecular complexity index is 640. The fourth-order valence-corrected chi connectivity index (χ4v) is 3.72. The van der Waals surface area contributed by atoms with Crippen molar-refractivity contribution in [1.82, 2.24) is 10.0 Å². The summed E-state index contributed by atoms with van der Waals surface area (Å²) in [7, 11) is 0. The molecule has 0 spiro atoms. The highest BCUT2D eigenvalue weighted by Gasteiger charge is 2.61. The number of hydrazine groups is 1. The van der Waals surface area contributed by atoms with Crippen LogP contribution in [-0.4, -0.2) is 70.6 Å². The van der Waals surface area contributed by atoms with Crippen LogP contribution in [0.1, 0.15) is 52.4 Å². The summed E-state index contributed by atoms with van der Waals surface area (Å²) >= 11 is 0. The van der Waals surface area contributed by atoms with Crippen molar-refractivity contribution in [3.05, 3.63) is 0 Å². The second-order valence-electron chi connectivity index (χ2n) is 6.77. The maximum absolute atomic E-state index is 13.2. The zero-order valence-corrected chi connectivity index (χ0v) is 16.1. The van der Waals surface area contributed by atoms with Crippen LogP contribution in [0.4, 0.5) is 0 Å². The van der Waals surface area contributed by atoms with E-state index in [4.69, 9.17) is 9.47 Å². The van der Waals surface area contributed by atoms with E-state index in [1.165, 1.54) is 0 Å². The van der Waals surface area contributed by atoms with Gasteiger partial charge in [0, 0.05) is 19.4 Å². The van der Waals surface area contributed by atoms with Crippen LogP contribution in [-0.2, 0) is 33.4 Å². The molecule has 10 nitrogen and oxygen atoms in total. The van der Waals surface area contributed by atoms with Gasteiger partial charge in [0.1, 0.15) is 5.41 Å². The number of ether oxygens (including phenoxy) is 2. The molecule has 0 saturated carbocycles. The van der Waals surface area contributed by atoms with Gasteiger partial charge in [-0.3, -0.25) is 19.2 Å². The Hall–Kier alpha value is -2.65. The number of esters is 2. The third kappa shape index (κ3) is 4.10. The van der Waals surface area contributed by atoms with Gasteiger partial charge in [-0.2, -0.15) is 0 Å². The van der Waals surface area contributed by atoms with E-state index >= 15 is 0 Å². The number of carbonyl (C=O) groups excluding carboxylic acids is 4. The van der Waals surface area contributed by atoms with Crippen molar-refractivity contribution in [3.63, 3.8) is 0 Å². The van der Waals surface area contributed by atoms with E-state index in [0.717, 1.165) is 10.0 Å². The fraction of sp³-hybridized carbons (Fsp3) is 0.722. The van der Waals surface area contributed by atoms with Gasteiger partial charge < -0.3 is 14.6 Å². The first-order valence-electron chi connectivity index (χ1n) is 9.48. The largest absolute Gasteiger partial charge is 0.480 e. The molecule has 0 aromatic rings. The molecule has 156 valence electrons. The highest BCUT2D eigenvalue weighted by molar-refractivity contribution is 6.11. The van der Waals surface area contributed by atoms with E-state index in [-0.39, 0.29) is 51.9 Å². The summed E-state index contributed by atoms with van der Waals surface area (Å²) in [5.41, 5.74) is -1.67. The van der Waals surface area contributed by atoms with Gasteiger partial charge in [-0.05, 0) is 39.5 Å². The van der Waals surface area contributed by atoms with Gasteiger partial charge in [0.05, 0.1) is 13.2 Å². The van der Waals surface area contributed by atoms with Crippen LogP contribution in [0.3, 0.4) is 0 Å². The molecule has 1 N–H and O–H groups in total. The molecule has 2 heterocycles. The molecule has 0 radical (unpaired) electrons. The van der Waals surface area contributed by atoms with E-state index in [0.29, 0.717) is 6.42 Å². The molecule has 2 amide bonds. The normalized spacial score (nSPS) is 20.7. The second-order valence-corrected chi connectivity index (χ2v) is 6.77. The number of carboxylic acids is 1. The molecule has 2 aliphatic heterocycles. The molecule has 2 rings (SSSR count). The van der Waals surface area contributed by atoms with Gasteiger partial charge in [0.15, 0.2) is 6.04 Å². The molecule has 28 heavy (non-hydrogen) atoms. The third-order valence-corrected chi connectivity index (χ3v) is 5.07. The van der Waals surface area contributed by atoms with E-state index in [9.17, 15) is 29.1 Å². The molecule has 0 aromatic heterocycles. The minimum Gasteiger partial charge on any atom is -0.480 e. The third-order valence-electron chi connectivity index (χ3n) is 5.07. The summed E-state index contributed by atoms with van der Waals surface area (Å²) in [6.45, 7) is 3.83. The molecule has 0 aromatic carbocycles. The van der Waals surface area contributed by atoms with Crippen molar-refractivity contribution >= 4 is 29.7 Å². The van der Waals surface area contributed by atoms with Crippen molar-refractivity contribution in [3.8, 4) is 0 Å². The molecule has 0 bridgehead atoms. The molecular weight excluding hydrogens is 372 g/mol. The summed E-state index contributed by atoms with van der Waals surface area (Å²) in [5.74, 6) is -3.57. The Morgan fingerprint density at radius 3 is 2.04 bits per heavy atom. The lowest BCUT2D eigenvalue weighted by Crippen LogP contribution is -2.54. The Balaban J connectivity index is 2.31. The fourth-order valence-electron chi connectivity index (χ4n) is 3.72. The predicted molar refractivity (Wildman–Crippen MR) is 93.4 cm³/mol. The summed E-state index contributed by atoms with van der Waals surface area (Å²) in [6.07, 6.45) is 0.000616. The molecule has 1 atom stereocenters. The van der Waals surface area contributed by atoms with Gasteiger partial charge in [-0.1, -0.05) is 0 Å². The Morgan fingerprint density at radius 1 is 1.04 bits per heavy atom. The first-order chi connectivity index (χ1) is 13.3. The molecule has 2 aliphatic rings. The molecular formula is C18H26N2O8. The zero-order chi connectivity index (χ0) is 20.9. The van der Waals surface area contributed by atoms with Crippen LogP contribution >= 0.6 is 0 Å². The molecule has 2 saturated heterocycles. The Kier molecular flexibility index (Phi) is 6.98. The topological polar surface area (TPSA) is 131 Å². The average molecular weight is 398 g/mol. The highest BCUT2D eigenvalue weighted by Crippen LogP contribution is 2.43. The van der Waals surface area contributed by atoms with Crippen LogP contribution in [0, 0.1) is 5.41 Å². The van der Waals surface area contributed by atoms with Crippen LogP contribution in [0.2, 0.25) is 0 Å². The maximum atomic E-state index is 13.2. The zero-order valence-electron chi connectivity index (χ0n) is 16.1. The number of carboxylic acid groups (broad SMARTS) is 1. The number of aliphatic carboxylic acids is 1. The second kappa shape index (κ2) is 9.03. The summed E-state index contributed by atoms with van der Waals surface area (Å²) < 4.78 is 9.77. The van der Waals surface area contributed by atoms with E-state index in [1.807, 2.05) is 0 Å². The molecule has 0 aliphatic carbocycles. The molecule has 1 unspecified atom stereocenters. The number of fused-ring (bicyclic) bond motifs is 1. The van der Waals surface area contributed by atoms with Crippen LogP contribution < -0.4 is 0 Å². The van der Waals surface area contributed by atoms with Gasteiger partial charge in [-0.15, -0.1) is 0 Å². The van der Waals surface area contributed by atoms with E-state index < -0.39 is 41.2 Å². The molecule has 2 fully saturated rings. The lowest BCUT2D eigenvalue weighted by Gasteiger charge is -2.36. The van der Waals surface area contributed by atoms with Gasteiger partial charge in [0.2, 0.25) is 0 Å². The average Bonchev–Trinajstić information content (AvgIpc) is 2.87. The van der Waals surface area contributed by atoms with Gasteiger partial charge >= 0.3 is 17.9 Å². The number of hydrogen-bond acceptors (Lipinski definition) is 7. The lowest BCUT2D eigenvalue weighted by molar-refractivity contribution is -0.169. The smallest absolute Gasteiger partial charge is 0.328 e. The maximum Gasteiger partial charge on any atom is 0.328 e. The summed E-state index contributed by atoms with van der Waals surface area (Å²) in [5, 5.41) is 11.6. The highest BCUT2D eigenvalue weighted by atomic mass is 16.5. The predicted octanol–water partition coefficient (Wildman–Crippen LogP) is 0.492. The number of nitrogens with zero attached hydrogens (tertiary/aromatic N) is 2. The van der Waals surface area contributed by atoms with Crippen LogP contribution in [0.25, 0.3) is 0 Å². The quantitative estimate of drug-likeness (QED) is 0.439. The first-order valence-corrected chi connectivity index (χ1v) is 9.48. The standard InChI is InChI=1S/C18H26N2O8/c1-3-27-13(21)7-9-18(10-8-14(22)28-4-2)16(25)19-11-5-6-12(15(23)24)20(19)17(18)26/h12H,3-11H2,1-2H3,(H,23,24). The summed E-state index contributed by atoms with van der Waals surface area (Å²) in [4.78, 5) is 61.6. The SMILES string of the molecule is CCOC(=O)CCC1(CCC(=O)OCC)C(=O)N2CCCC(C(=O)O)N2C1=O. The Morgan fingerprint density at radius 2 is 1.57 bits per heavy atom. The minimum atomic E-state index is -1.67. The Labute approximate surface area is 162 Å². The van der Waals surface area contributed by atoms with E-state index in [2.05, 4.69) is 0 Å². The lowest BCUT2D eigenvalue weighted by atomic mass is 9.78. The monoisotopic (exact) mass is 398 g/mol. The van der Waals surface area contributed by atoms with Crippen molar-refractivity contribution in [2.24, 2.45) is 5.41 Å². The number of rotatable bonds is 9. The van der Waals surface area contributed by atoms with Gasteiger partial charge in [0.25, 0.3) is 11.8 Å². The first kappa shape index (κ1) is 21.6. The summed E-state index contributed by atoms with van der Waals surface area (Å²) in [6, 6.07) is -1.14.